The molecule has 0 spiro atoms. The maximum Gasteiger partial charge on any atom is 0.243 e. The number of nitrogens with zero attached hydrogens (tertiary/aromatic N) is 2. The van der Waals surface area contributed by atoms with E-state index in [9.17, 15) is 8.42 Å². The topological polar surface area (TPSA) is 50.3 Å². The standard InChI is InChI=1S/C17H20N2O2S/c1-13-7-8-14(2)17(11-13)22(20,21)19-10-4-6-16(19)15-5-3-9-18-12-15/h3,5,7-9,11-12,16H,4,6,10H2,1-2H3. The van der Waals surface area contributed by atoms with Crippen molar-refractivity contribution < 1.29 is 8.42 Å². The van der Waals surface area contributed by atoms with Gasteiger partial charge >= 0.3 is 0 Å². The van der Waals surface area contributed by atoms with Gasteiger partial charge in [-0.2, -0.15) is 4.31 Å². The van der Waals surface area contributed by atoms with Crippen LogP contribution in [0.4, 0.5) is 0 Å². The Hall–Kier alpha value is -1.72. The van der Waals surface area contributed by atoms with Crippen LogP contribution in [0, 0.1) is 13.8 Å². The lowest BCUT2D eigenvalue weighted by molar-refractivity contribution is 0.396. The summed E-state index contributed by atoms with van der Waals surface area (Å²) in [5.41, 5.74) is 2.72. The number of rotatable bonds is 3. The zero-order valence-corrected chi connectivity index (χ0v) is 13.7. The predicted octanol–water partition coefficient (Wildman–Crippen LogP) is 3.22. The lowest BCUT2D eigenvalue weighted by Crippen LogP contribution is -2.31. The van der Waals surface area contributed by atoms with Gasteiger partial charge < -0.3 is 0 Å². The highest BCUT2D eigenvalue weighted by molar-refractivity contribution is 7.89. The number of benzene rings is 1. The highest BCUT2D eigenvalue weighted by atomic mass is 32.2. The molecule has 116 valence electrons. The molecule has 1 saturated heterocycles. The first kappa shape index (κ1) is 15.2. The number of hydrogen-bond donors (Lipinski definition) is 0. The third kappa shape index (κ3) is 2.66. The first-order chi connectivity index (χ1) is 10.5. The van der Waals surface area contributed by atoms with Gasteiger partial charge in [-0.3, -0.25) is 4.98 Å². The molecule has 0 aliphatic carbocycles. The van der Waals surface area contributed by atoms with E-state index in [1.165, 1.54) is 0 Å². The second-order valence-corrected chi connectivity index (χ2v) is 7.69. The highest BCUT2D eigenvalue weighted by Crippen LogP contribution is 2.36. The Labute approximate surface area is 131 Å². The fourth-order valence-corrected chi connectivity index (χ4v) is 5.04. The molecule has 2 aromatic rings. The molecule has 1 atom stereocenters. The second kappa shape index (κ2) is 5.82. The summed E-state index contributed by atoms with van der Waals surface area (Å²) in [5, 5.41) is 0. The van der Waals surface area contributed by atoms with Gasteiger partial charge in [0.2, 0.25) is 10.0 Å². The van der Waals surface area contributed by atoms with Gasteiger partial charge in [0, 0.05) is 18.9 Å². The minimum Gasteiger partial charge on any atom is -0.264 e. The van der Waals surface area contributed by atoms with Crippen LogP contribution in [0.3, 0.4) is 0 Å². The van der Waals surface area contributed by atoms with Gasteiger partial charge in [0.05, 0.1) is 10.9 Å². The average molecular weight is 316 g/mol. The van der Waals surface area contributed by atoms with Crippen LogP contribution in [0.2, 0.25) is 0 Å². The van der Waals surface area contributed by atoms with Gasteiger partial charge in [0.15, 0.2) is 0 Å². The number of aromatic nitrogens is 1. The molecule has 1 aliphatic heterocycles. The van der Waals surface area contributed by atoms with Crippen molar-refractivity contribution in [1.29, 1.82) is 0 Å². The average Bonchev–Trinajstić information content (AvgIpc) is 3.01. The first-order valence-electron chi connectivity index (χ1n) is 7.49. The summed E-state index contributed by atoms with van der Waals surface area (Å²) >= 11 is 0. The van der Waals surface area contributed by atoms with Crippen molar-refractivity contribution >= 4 is 10.0 Å². The van der Waals surface area contributed by atoms with Crippen molar-refractivity contribution in [2.45, 2.75) is 37.6 Å². The van der Waals surface area contributed by atoms with E-state index in [2.05, 4.69) is 4.98 Å². The van der Waals surface area contributed by atoms with Crippen molar-refractivity contribution in [2.24, 2.45) is 0 Å². The summed E-state index contributed by atoms with van der Waals surface area (Å²) in [5.74, 6) is 0. The Bertz CT molecular complexity index is 773. The van der Waals surface area contributed by atoms with Crippen molar-refractivity contribution in [3.05, 3.63) is 59.4 Å². The molecule has 1 aromatic heterocycles. The molecule has 22 heavy (non-hydrogen) atoms. The normalized spacial score (nSPS) is 19.5. The molecule has 2 heterocycles. The molecule has 0 radical (unpaired) electrons. The Morgan fingerprint density at radius 3 is 2.77 bits per heavy atom. The maximum atomic E-state index is 13.1. The smallest absolute Gasteiger partial charge is 0.243 e. The quantitative estimate of drug-likeness (QED) is 0.873. The van der Waals surface area contributed by atoms with Crippen LogP contribution < -0.4 is 0 Å². The Kier molecular flexibility index (Phi) is 4.02. The molecule has 1 aromatic carbocycles. The van der Waals surface area contributed by atoms with Crippen LogP contribution in [0.15, 0.2) is 47.6 Å². The molecule has 0 amide bonds. The van der Waals surface area contributed by atoms with Crippen LogP contribution in [0.5, 0.6) is 0 Å². The molecule has 1 aliphatic rings. The van der Waals surface area contributed by atoms with Crippen molar-refractivity contribution in [2.75, 3.05) is 6.54 Å². The molecular formula is C17H20N2O2S. The minimum absolute atomic E-state index is 0.112. The molecule has 4 nitrogen and oxygen atoms in total. The summed E-state index contributed by atoms with van der Waals surface area (Å²) < 4.78 is 27.8. The van der Waals surface area contributed by atoms with E-state index in [-0.39, 0.29) is 6.04 Å². The zero-order chi connectivity index (χ0) is 15.7. The SMILES string of the molecule is Cc1ccc(C)c(S(=O)(=O)N2CCCC2c2cccnc2)c1. The van der Waals surface area contributed by atoms with Crippen molar-refractivity contribution in [1.82, 2.24) is 9.29 Å². The van der Waals surface area contributed by atoms with Crippen molar-refractivity contribution in [3.8, 4) is 0 Å². The van der Waals surface area contributed by atoms with Gasteiger partial charge in [-0.25, -0.2) is 8.42 Å². The number of sulfonamides is 1. The third-order valence-electron chi connectivity index (χ3n) is 4.20. The van der Waals surface area contributed by atoms with E-state index >= 15 is 0 Å². The Balaban J connectivity index is 2.03. The predicted molar refractivity (Wildman–Crippen MR) is 86.0 cm³/mol. The minimum atomic E-state index is -3.48. The third-order valence-corrected chi connectivity index (χ3v) is 6.25. The highest BCUT2D eigenvalue weighted by Gasteiger charge is 2.36. The van der Waals surface area contributed by atoms with E-state index in [1.54, 1.807) is 22.8 Å². The van der Waals surface area contributed by atoms with E-state index < -0.39 is 10.0 Å². The maximum absolute atomic E-state index is 13.1. The lowest BCUT2D eigenvalue weighted by atomic mass is 10.1. The van der Waals surface area contributed by atoms with Crippen molar-refractivity contribution in [3.63, 3.8) is 0 Å². The molecule has 0 bridgehead atoms. The van der Waals surface area contributed by atoms with Crippen LogP contribution in [0.25, 0.3) is 0 Å². The number of hydrogen-bond acceptors (Lipinski definition) is 3. The zero-order valence-electron chi connectivity index (χ0n) is 12.9. The summed E-state index contributed by atoms with van der Waals surface area (Å²) in [6.45, 7) is 4.33. The van der Waals surface area contributed by atoms with E-state index in [1.807, 2.05) is 38.1 Å². The lowest BCUT2D eigenvalue weighted by Gasteiger charge is -2.25. The van der Waals surface area contributed by atoms with Gasteiger partial charge in [-0.1, -0.05) is 18.2 Å². The van der Waals surface area contributed by atoms with E-state index in [0.717, 1.165) is 29.5 Å². The number of aryl methyl sites for hydroxylation is 2. The van der Waals surface area contributed by atoms with Gasteiger partial charge in [-0.15, -0.1) is 0 Å². The van der Waals surface area contributed by atoms with Crippen LogP contribution in [-0.4, -0.2) is 24.3 Å². The van der Waals surface area contributed by atoms with Crippen LogP contribution in [0.1, 0.15) is 35.6 Å². The fourth-order valence-electron chi connectivity index (χ4n) is 3.05. The van der Waals surface area contributed by atoms with Crippen LogP contribution >= 0.6 is 0 Å². The van der Waals surface area contributed by atoms with Gasteiger partial charge in [0.25, 0.3) is 0 Å². The summed E-state index contributed by atoms with van der Waals surface area (Å²) in [7, 11) is -3.48. The van der Waals surface area contributed by atoms with Gasteiger partial charge in [0.1, 0.15) is 0 Å². The molecule has 3 rings (SSSR count). The monoisotopic (exact) mass is 316 g/mol. The van der Waals surface area contributed by atoms with Gasteiger partial charge in [-0.05, 0) is 55.5 Å². The fraction of sp³-hybridized carbons (Fsp3) is 0.353. The molecule has 0 saturated carbocycles. The van der Waals surface area contributed by atoms with Crippen LogP contribution in [-0.2, 0) is 10.0 Å². The second-order valence-electron chi connectivity index (χ2n) is 5.83. The summed E-state index contributed by atoms with van der Waals surface area (Å²) in [4.78, 5) is 4.55. The first-order valence-corrected chi connectivity index (χ1v) is 8.93. The molecule has 0 N–H and O–H groups in total. The molecule has 1 unspecified atom stereocenters. The largest absolute Gasteiger partial charge is 0.264 e. The number of pyridine rings is 1. The van der Waals surface area contributed by atoms with E-state index in [4.69, 9.17) is 0 Å². The van der Waals surface area contributed by atoms with E-state index in [0.29, 0.717) is 11.4 Å². The Morgan fingerprint density at radius 2 is 2.05 bits per heavy atom. The molecule has 5 heteroatoms. The summed E-state index contributed by atoms with van der Waals surface area (Å²) in [6.07, 6.45) is 5.20. The molecule has 1 fully saturated rings. The molecular weight excluding hydrogens is 296 g/mol. The summed E-state index contributed by atoms with van der Waals surface area (Å²) in [6, 6.07) is 9.28. The Morgan fingerprint density at radius 1 is 1.23 bits per heavy atom.